The lowest BCUT2D eigenvalue weighted by Crippen LogP contribution is -2.29. The molecule has 0 radical (unpaired) electrons. The number of fused-ring (bicyclic) bond motifs is 1. The molecule has 0 saturated carbocycles. The molecule has 0 aliphatic carbocycles. The van der Waals surface area contributed by atoms with Gasteiger partial charge in [0.25, 0.3) is 5.91 Å². The Labute approximate surface area is 146 Å². The van der Waals surface area contributed by atoms with Gasteiger partial charge in [-0.2, -0.15) is 0 Å². The highest BCUT2D eigenvalue weighted by molar-refractivity contribution is 6.61. The van der Waals surface area contributed by atoms with Crippen LogP contribution in [0, 0.1) is 0 Å². The monoisotopic (exact) mass is 332 g/mol. The zero-order valence-electron chi connectivity index (χ0n) is 13.6. The molecule has 0 atom stereocenters. The maximum absolute atomic E-state index is 12.6. The van der Waals surface area contributed by atoms with Gasteiger partial charge in [-0.3, -0.25) is 4.79 Å². The predicted octanol–water partition coefficient (Wildman–Crippen LogP) is 1.63. The van der Waals surface area contributed by atoms with Crippen LogP contribution in [0.5, 0.6) is 0 Å². The molecule has 3 aromatic rings. The van der Waals surface area contributed by atoms with Gasteiger partial charge in [0.2, 0.25) is 0 Å². The van der Waals surface area contributed by atoms with E-state index in [1.165, 1.54) is 0 Å². The highest BCUT2D eigenvalue weighted by atomic mass is 16.5. The van der Waals surface area contributed by atoms with Crippen molar-refractivity contribution in [1.82, 2.24) is 9.88 Å². The average molecular weight is 332 g/mol. The lowest BCUT2D eigenvalue weighted by atomic mass is 9.79. The maximum Gasteiger partial charge on any atom is 0.491 e. The minimum atomic E-state index is -0.902. The third-order valence-corrected chi connectivity index (χ3v) is 4.35. The second-order valence-corrected chi connectivity index (χ2v) is 5.98. The summed E-state index contributed by atoms with van der Waals surface area (Å²) in [6, 6.07) is 19.1. The van der Waals surface area contributed by atoms with Crippen LogP contribution in [0.25, 0.3) is 5.69 Å². The molecule has 124 valence electrons. The van der Waals surface area contributed by atoms with Crippen molar-refractivity contribution in [3.63, 3.8) is 0 Å². The Kier molecular flexibility index (Phi) is 4.13. The molecule has 1 aromatic heterocycles. The van der Waals surface area contributed by atoms with Crippen molar-refractivity contribution in [2.45, 2.75) is 13.2 Å². The number of rotatable bonds is 4. The third-order valence-electron chi connectivity index (χ3n) is 4.35. The molecule has 1 amide bonds. The van der Waals surface area contributed by atoms with Crippen LogP contribution >= 0.6 is 0 Å². The molecule has 0 bridgehead atoms. The Morgan fingerprint density at radius 1 is 1.16 bits per heavy atom. The molecule has 25 heavy (non-hydrogen) atoms. The third kappa shape index (κ3) is 3.09. The first-order valence-corrected chi connectivity index (χ1v) is 8.15. The van der Waals surface area contributed by atoms with Crippen molar-refractivity contribution in [3.8, 4) is 5.69 Å². The molecule has 1 aliphatic rings. The molecule has 0 spiro atoms. The SMILES string of the molecule is O=C(NCc1ccccc1)c1cccn1-c1ccc2c(c1)B(O)OC2. The summed E-state index contributed by atoms with van der Waals surface area (Å²) in [6.07, 6.45) is 1.83. The first-order valence-electron chi connectivity index (χ1n) is 8.15. The van der Waals surface area contributed by atoms with Crippen molar-refractivity contribution in [3.05, 3.63) is 83.7 Å². The fourth-order valence-corrected chi connectivity index (χ4v) is 3.01. The van der Waals surface area contributed by atoms with Gasteiger partial charge in [0.1, 0.15) is 5.69 Å². The summed E-state index contributed by atoms with van der Waals surface area (Å²) in [5, 5.41) is 12.8. The number of amides is 1. The summed E-state index contributed by atoms with van der Waals surface area (Å²) in [6.45, 7) is 0.883. The molecule has 2 N–H and O–H groups in total. The van der Waals surface area contributed by atoms with Crippen LogP contribution in [-0.2, 0) is 17.8 Å². The lowest BCUT2D eigenvalue weighted by Gasteiger charge is -2.11. The van der Waals surface area contributed by atoms with Gasteiger partial charge in [-0.25, -0.2) is 0 Å². The van der Waals surface area contributed by atoms with Crippen LogP contribution in [-0.4, -0.2) is 22.6 Å². The van der Waals surface area contributed by atoms with Crippen LogP contribution in [0.15, 0.2) is 66.9 Å². The van der Waals surface area contributed by atoms with Crippen LogP contribution in [0.4, 0.5) is 0 Å². The van der Waals surface area contributed by atoms with E-state index >= 15 is 0 Å². The van der Waals surface area contributed by atoms with Gasteiger partial charge in [0.05, 0.1) is 6.61 Å². The quantitative estimate of drug-likeness (QED) is 0.714. The van der Waals surface area contributed by atoms with E-state index in [2.05, 4.69) is 5.32 Å². The molecule has 2 heterocycles. The number of aromatic nitrogens is 1. The highest BCUT2D eigenvalue weighted by Crippen LogP contribution is 2.17. The molecule has 0 saturated heterocycles. The van der Waals surface area contributed by atoms with E-state index in [1.807, 2.05) is 65.4 Å². The van der Waals surface area contributed by atoms with Crippen LogP contribution in [0.2, 0.25) is 0 Å². The van der Waals surface area contributed by atoms with E-state index in [-0.39, 0.29) is 5.91 Å². The van der Waals surface area contributed by atoms with Crippen molar-refractivity contribution in [2.24, 2.45) is 0 Å². The molecule has 1 aliphatic heterocycles. The number of carbonyl (C=O) groups excluding carboxylic acids is 1. The Hall–Kier alpha value is -2.83. The Morgan fingerprint density at radius 2 is 2.00 bits per heavy atom. The van der Waals surface area contributed by atoms with E-state index in [4.69, 9.17) is 4.65 Å². The van der Waals surface area contributed by atoms with Gasteiger partial charge < -0.3 is 19.6 Å². The normalized spacial score (nSPS) is 12.9. The van der Waals surface area contributed by atoms with Gasteiger partial charge in [0.15, 0.2) is 0 Å². The summed E-state index contributed by atoms with van der Waals surface area (Å²) < 4.78 is 7.04. The molecule has 2 aromatic carbocycles. The van der Waals surface area contributed by atoms with Crippen LogP contribution in [0.3, 0.4) is 0 Å². The topological polar surface area (TPSA) is 63.5 Å². The number of benzene rings is 2. The van der Waals surface area contributed by atoms with Crippen molar-refractivity contribution in [2.75, 3.05) is 0 Å². The second-order valence-electron chi connectivity index (χ2n) is 5.98. The van der Waals surface area contributed by atoms with Gasteiger partial charge in [-0.1, -0.05) is 36.4 Å². The lowest BCUT2D eigenvalue weighted by molar-refractivity contribution is 0.0944. The zero-order valence-corrected chi connectivity index (χ0v) is 13.6. The molecule has 0 unspecified atom stereocenters. The number of hydrogen-bond acceptors (Lipinski definition) is 3. The highest BCUT2D eigenvalue weighted by Gasteiger charge is 2.27. The summed E-state index contributed by atoms with van der Waals surface area (Å²) in [7, 11) is -0.902. The van der Waals surface area contributed by atoms with Gasteiger partial charge >= 0.3 is 7.12 Å². The molecular weight excluding hydrogens is 315 g/mol. The summed E-state index contributed by atoms with van der Waals surface area (Å²) >= 11 is 0. The minimum absolute atomic E-state index is 0.147. The van der Waals surface area contributed by atoms with Gasteiger partial charge in [0, 0.05) is 18.4 Å². The Morgan fingerprint density at radius 3 is 2.84 bits per heavy atom. The standard InChI is InChI=1S/C19H17BN2O3/c23-19(21-12-14-5-2-1-3-6-14)18-7-4-10-22(18)16-9-8-15-13-25-20(24)17(15)11-16/h1-11,24H,12-13H2,(H,21,23). The van der Waals surface area contributed by atoms with E-state index in [0.717, 1.165) is 22.3 Å². The number of hydrogen-bond donors (Lipinski definition) is 2. The summed E-state index contributed by atoms with van der Waals surface area (Å²) in [4.78, 5) is 12.6. The van der Waals surface area contributed by atoms with E-state index in [9.17, 15) is 9.82 Å². The van der Waals surface area contributed by atoms with Crippen LogP contribution in [0.1, 0.15) is 21.6 Å². The first-order chi connectivity index (χ1) is 12.2. The molecular formula is C19H17BN2O3. The first kappa shape index (κ1) is 15.7. The average Bonchev–Trinajstić information content (AvgIpc) is 3.28. The second kappa shape index (κ2) is 6.59. The Balaban J connectivity index is 1.56. The van der Waals surface area contributed by atoms with E-state index in [1.54, 1.807) is 6.07 Å². The Bertz CT molecular complexity index is 908. The van der Waals surface area contributed by atoms with Crippen molar-refractivity contribution < 1.29 is 14.5 Å². The zero-order chi connectivity index (χ0) is 17.2. The largest absolute Gasteiger partial charge is 0.491 e. The van der Waals surface area contributed by atoms with Crippen molar-refractivity contribution >= 4 is 18.5 Å². The van der Waals surface area contributed by atoms with E-state index < -0.39 is 7.12 Å². The molecule has 4 rings (SSSR count). The summed E-state index contributed by atoms with van der Waals surface area (Å²) in [5.41, 5.74) is 4.13. The summed E-state index contributed by atoms with van der Waals surface area (Å²) in [5.74, 6) is -0.147. The molecule has 6 heteroatoms. The minimum Gasteiger partial charge on any atom is -0.423 e. The van der Waals surface area contributed by atoms with E-state index in [0.29, 0.717) is 18.8 Å². The molecule has 5 nitrogen and oxygen atoms in total. The maximum atomic E-state index is 12.6. The van der Waals surface area contributed by atoms with Gasteiger partial charge in [-0.15, -0.1) is 0 Å². The van der Waals surface area contributed by atoms with Gasteiger partial charge in [-0.05, 0) is 40.9 Å². The predicted molar refractivity (Wildman–Crippen MR) is 95.8 cm³/mol. The fraction of sp³-hybridized carbons (Fsp3) is 0.105. The number of nitrogens with zero attached hydrogens (tertiary/aromatic N) is 1. The fourth-order valence-electron chi connectivity index (χ4n) is 3.01. The number of carbonyl (C=O) groups is 1. The smallest absolute Gasteiger partial charge is 0.423 e. The molecule has 0 fully saturated rings. The van der Waals surface area contributed by atoms with Crippen LogP contribution < -0.4 is 10.8 Å². The number of nitrogens with one attached hydrogen (secondary N) is 1. The van der Waals surface area contributed by atoms with Crippen molar-refractivity contribution in [1.29, 1.82) is 0 Å².